The zero-order valence-electron chi connectivity index (χ0n) is 20.4. The highest BCUT2D eigenvalue weighted by molar-refractivity contribution is 9.10. The zero-order chi connectivity index (χ0) is 26.0. The molecule has 34 heavy (non-hydrogen) atoms. The van der Waals surface area contributed by atoms with Gasteiger partial charge in [-0.15, -0.1) is 0 Å². The molecule has 2 aliphatic carbocycles. The first-order chi connectivity index (χ1) is 15.5. The van der Waals surface area contributed by atoms with Gasteiger partial charge in [-0.25, -0.2) is 14.5 Å². The van der Waals surface area contributed by atoms with E-state index in [1.54, 1.807) is 65.8 Å². The molecule has 2 amide bonds. The number of ether oxygens (including phenoxy) is 4. The van der Waals surface area contributed by atoms with Crippen LogP contribution >= 0.6 is 15.9 Å². The summed E-state index contributed by atoms with van der Waals surface area (Å²) in [7, 11) is 0. The highest BCUT2D eigenvalue weighted by Crippen LogP contribution is 2.54. The van der Waals surface area contributed by atoms with Crippen molar-refractivity contribution in [3.63, 3.8) is 0 Å². The maximum absolute atomic E-state index is 12.6. The summed E-state index contributed by atoms with van der Waals surface area (Å²) >= 11 is 3.37. The summed E-state index contributed by atoms with van der Waals surface area (Å²) in [6, 6.07) is 6.50. The molecule has 0 radical (unpaired) electrons. The van der Waals surface area contributed by atoms with E-state index in [1.807, 2.05) is 0 Å². The minimum atomic E-state index is -1.07. The lowest BCUT2D eigenvalue weighted by molar-refractivity contribution is -0.124. The summed E-state index contributed by atoms with van der Waals surface area (Å²) in [6.07, 6.45) is -2.14. The number of fused-ring (bicyclic) bond motifs is 1. The lowest BCUT2D eigenvalue weighted by atomic mass is 10.2. The lowest BCUT2D eigenvalue weighted by Crippen LogP contribution is -2.34. The monoisotopic (exact) mass is 537 g/mol. The number of halogens is 1. The molecule has 0 aromatic carbocycles. The second-order valence-electron chi connectivity index (χ2n) is 9.39. The number of anilines is 1. The van der Waals surface area contributed by atoms with Crippen molar-refractivity contribution >= 4 is 45.7 Å². The van der Waals surface area contributed by atoms with Gasteiger partial charge in [-0.3, -0.25) is 9.59 Å². The standard InChI is InChI=1S/C24H28BrNO8/c1-13(27)26(14(2)28)18-19(31-21(29)33-23(3,4)5)16-11-9-15(25)10-12-17(16)20(18)32-22(30)34-24(6,7)8/h9-12H,1-8H3. The van der Waals surface area contributed by atoms with Crippen molar-refractivity contribution in [3.8, 4) is 22.6 Å². The molecule has 0 bridgehead atoms. The Balaban J connectivity index is 2.83. The molecule has 0 fully saturated rings. The van der Waals surface area contributed by atoms with Gasteiger partial charge in [0.05, 0.1) is 0 Å². The fourth-order valence-electron chi connectivity index (χ4n) is 2.97. The first-order valence-electron chi connectivity index (χ1n) is 10.4. The number of rotatable bonds is 3. The Morgan fingerprint density at radius 1 is 0.706 bits per heavy atom. The van der Waals surface area contributed by atoms with Gasteiger partial charge in [-0.2, -0.15) is 0 Å². The van der Waals surface area contributed by atoms with Gasteiger partial charge in [0.15, 0.2) is 11.5 Å². The van der Waals surface area contributed by atoms with Crippen molar-refractivity contribution in [1.29, 1.82) is 0 Å². The molecule has 0 heterocycles. The number of carbonyl (C=O) groups excluding carboxylic acids is 4. The van der Waals surface area contributed by atoms with Crippen LogP contribution in [0.3, 0.4) is 0 Å². The molecule has 0 unspecified atom stereocenters. The number of nitrogens with zero attached hydrogens (tertiary/aromatic N) is 1. The van der Waals surface area contributed by atoms with Crippen molar-refractivity contribution in [2.24, 2.45) is 0 Å². The van der Waals surface area contributed by atoms with Crippen LogP contribution in [-0.2, 0) is 19.1 Å². The maximum atomic E-state index is 12.6. The van der Waals surface area contributed by atoms with Crippen molar-refractivity contribution in [1.82, 2.24) is 0 Å². The van der Waals surface area contributed by atoms with Gasteiger partial charge in [0, 0.05) is 29.4 Å². The largest absolute Gasteiger partial charge is 0.514 e. The van der Waals surface area contributed by atoms with Crippen molar-refractivity contribution < 1.29 is 38.1 Å². The molecule has 0 saturated heterocycles. The minimum absolute atomic E-state index is 0.184. The van der Waals surface area contributed by atoms with Crippen molar-refractivity contribution in [3.05, 3.63) is 28.7 Å². The van der Waals surface area contributed by atoms with E-state index in [4.69, 9.17) is 18.9 Å². The van der Waals surface area contributed by atoms with Crippen LogP contribution in [0.1, 0.15) is 55.4 Å². The summed E-state index contributed by atoms with van der Waals surface area (Å²) in [6.45, 7) is 12.3. The van der Waals surface area contributed by atoms with Crippen LogP contribution in [0, 0.1) is 0 Å². The highest BCUT2D eigenvalue weighted by Gasteiger charge is 2.37. The van der Waals surface area contributed by atoms with Crippen LogP contribution in [0.15, 0.2) is 28.7 Å². The number of imide groups is 1. The summed E-state index contributed by atoms with van der Waals surface area (Å²) in [5.41, 5.74) is -1.38. The van der Waals surface area contributed by atoms with Gasteiger partial charge in [0.2, 0.25) is 11.8 Å². The highest BCUT2D eigenvalue weighted by atomic mass is 79.9. The Labute approximate surface area is 206 Å². The molecule has 0 atom stereocenters. The zero-order valence-corrected chi connectivity index (χ0v) is 22.0. The van der Waals surface area contributed by atoms with E-state index >= 15 is 0 Å². The normalized spacial score (nSPS) is 11.6. The molecule has 0 aliphatic heterocycles. The third kappa shape index (κ3) is 6.93. The van der Waals surface area contributed by atoms with Crippen LogP contribution in [0.4, 0.5) is 15.3 Å². The van der Waals surface area contributed by atoms with Crippen LogP contribution in [-0.4, -0.2) is 35.3 Å². The Morgan fingerprint density at radius 3 is 1.35 bits per heavy atom. The molecular formula is C24H28BrNO8. The summed E-state index contributed by atoms with van der Waals surface area (Å²) in [5.74, 6) is -1.74. The van der Waals surface area contributed by atoms with Gasteiger partial charge in [0.25, 0.3) is 0 Å². The first-order valence-corrected chi connectivity index (χ1v) is 11.2. The summed E-state index contributed by atoms with van der Waals surface area (Å²) < 4.78 is 22.2. The summed E-state index contributed by atoms with van der Waals surface area (Å²) in [5, 5.41) is 0. The van der Waals surface area contributed by atoms with Gasteiger partial charge in [-0.05, 0) is 65.8 Å². The topological polar surface area (TPSA) is 108 Å². The third-order valence-electron chi connectivity index (χ3n) is 4.03. The predicted molar refractivity (Wildman–Crippen MR) is 128 cm³/mol. The minimum Gasteiger partial charge on any atom is -0.428 e. The fourth-order valence-corrected chi connectivity index (χ4v) is 3.23. The molecule has 0 N–H and O–H groups in total. The second kappa shape index (κ2) is 10.0. The van der Waals surface area contributed by atoms with E-state index < -0.39 is 35.3 Å². The van der Waals surface area contributed by atoms with E-state index in [-0.39, 0.29) is 28.3 Å². The van der Waals surface area contributed by atoms with E-state index in [0.717, 1.165) is 18.7 Å². The lowest BCUT2D eigenvalue weighted by Gasteiger charge is -2.22. The Hall–Kier alpha value is -3.14. The SMILES string of the molecule is CC(=O)N(C(C)=O)c1c(OC(=O)OC(C)(C)C)c2ccc(Br)ccc-2c1OC(=O)OC(C)(C)C. The molecule has 184 valence electrons. The Kier molecular flexibility index (Phi) is 7.98. The van der Waals surface area contributed by atoms with Crippen molar-refractivity contribution in [2.45, 2.75) is 66.6 Å². The van der Waals surface area contributed by atoms with Gasteiger partial charge < -0.3 is 18.9 Å². The average Bonchev–Trinajstić information content (AvgIpc) is 2.75. The van der Waals surface area contributed by atoms with Crippen molar-refractivity contribution in [2.75, 3.05) is 4.90 Å². The van der Waals surface area contributed by atoms with Gasteiger partial charge in [0.1, 0.15) is 16.9 Å². The molecule has 0 saturated carbocycles. The molecule has 0 spiro atoms. The van der Waals surface area contributed by atoms with Crippen LogP contribution in [0.5, 0.6) is 11.5 Å². The van der Waals surface area contributed by atoms with Gasteiger partial charge in [-0.1, -0.05) is 15.9 Å². The average molecular weight is 538 g/mol. The van der Waals surface area contributed by atoms with Crippen LogP contribution in [0.2, 0.25) is 0 Å². The molecule has 2 aliphatic rings. The molecule has 0 aromatic rings. The number of amides is 2. The fraction of sp³-hybridized carbons (Fsp3) is 0.417. The predicted octanol–water partition coefficient (Wildman–Crippen LogP) is 6.08. The first kappa shape index (κ1) is 27.1. The molecule has 2 rings (SSSR count). The number of carbonyl (C=O) groups is 4. The number of hydrogen-bond donors (Lipinski definition) is 0. The van der Waals surface area contributed by atoms with E-state index in [9.17, 15) is 19.2 Å². The summed E-state index contributed by atoms with van der Waals surface area (Å²) in [4.78, 5) is 50.8. The van der Waals surface area contributed by atoms with Crippen LogP contribution in [0.25, 0.3) is 11.1 Å². The Morgan fingerprint density at radius 2 is 1.06 bits per heavy atom. The molecule has 9 nitrogen and oxygen atoms in total. The molecule has 0 aromatic heterocycles. The van der Waals surface area contributed by atoms with E-state index in [1.165, 1.54) is 0 Å². The maximum Gasteiger partial charge on any atom is 0.514 e. The molecule has 10 heteroatoms. The van der Waals surface area contributed by atoms with E-state index in [2.05, 4.69) is 15.9 Å². The van der Waals surface area contributed by atoms with Crippen LogP contribution < -0.4 is 14.4 Å². The Bertz CT molecular complexity index is 1020. The van der Waals surface area contributed by atoms with Gasteiger partial charge >= 0.3 is 12.3 Å². The second-order valence-corrected chi connectivity index (χ2v) is 10.3. The molecular weight excluding hydrogens is 510 g/mol. The third-order valence-corrected chi connectivity index (χ3v) is 4.56. The number of hydrogen-bond acceptors (Lipinski definition) is 8. The smallest absolute Gasteiger partial charge is 0.428 e. The van der Waals surface area contributed by atoms with E-state index in [0.29, 0.717) is 4.47 Å². The quantitative estimate of drug-likeness (QED) is 0.433.